The van der Waals surface area contributed by atoms with Gasteiger partial charge in [-0.15, -0.1) is 0 Å². The Kier molecular flexibility index (Phi) is 6.59. The summed E-state index contributed by atoms with van der Waals surface area (Å²) in [4.78, 5) is 2.46. The second-order valence-corrected chi connectivity index (χ2v) is 6.67. The highest BCUT2D eigenvalue weighted by atomic mass is 16.3. The van der Waals surface area contributed by atoms with E-state index in [2.05, 4.69) is 16.3 Å². The number of nitrogens with zero attached hydrogens (tertiary/aromatic N) is 2. The van der Waals surface area contributed by atoms with Crippen LogP contribution in [0.5, 0.6) is 0 Å². The van der Waals surface area contributed by atoms with Gasteiger partial charge in [-0.25, -0.2) is 0 Å². The Morgan fingerprint density at radius 1 is 1.22 bits per heavy atom. The standard InChI is InChI=1S/C19H29N3O/c1-3-19(23,4-2)15-21-18-9-11-22(12-10-18)14-17-7-5-16(13-20)6-8-17/h5-8,18,21,23H,3-4,9-12,14-15H2,1-2H3. The molecule has 1 aliphatic rings. The van der Waals surface area contributed by atoms with Crippen LogP contribution in [0.1, 0.15) is 50.7 Å². The van der Waals surface area contributed by atoms with Crippen molar-refractivity contribution in [3.63, 3.8) is 0 Å². The van der Waals surface area contributed by atoms with Crippen molar-refractivity contribution in [2.75, 3.05) is 19.6 Å². The second kappa shape index (κ2) is 8.44. The molecule has 0 aromatic heterocycles. The first-order valence-electron chi connectivity index (χ1n) is 8.75. The number of hydrogen-bond acceptors (Lipinski definition) is 4. The van der Waals surface area contributed by atoms with E-state index in [-0.39, 0.29) is 0 Å². The molecule has 4 heteroatoms. The lowest BCUT2D eigenvalue weighted by Crippen LogP contribution is -2.48. The quantitative estimate of drug-likeness (QED) is 0.812. The molecule has 0 radical (unpaired) electrons. The predicted molar refractivity (Wildman–Crippen MR) is 93.0 cm³/mol. The Balaban J connectivity index is 1.74. The van der Waals surface area contributed by atoms with Gasteiger partial charge in [0, 0.05) is 19.1 Å². The van der Waals surface area contributed by atoms with Crippen LogP contribution in [0, 0.1) is 11.3 Å². The summed E-state index contributed by atoms with van der Waals surface area (Å²) in [6.07, 6.45) is 3.85. The largest absolute Gasteiger partial charge is 0.389 e. The lowest BCUT2D eigenvalue weighted by molar-refractivity contribution is 0.0271. The van der Waals surface area contributed by atoms with Crippen molar-refractivity contribution >= 4 is 0 Å². The van der Waals surface area contributed by atoms with Crippen LogP contribution in [0.25, 0.3) is 0 Å². The third-order valence-electron chi connectivity index (χ3n) is 5.11. The van der Waals surface area contributed by atoms with Gasteiger partial charge in [-0.2, -0.15) is 5.26 Å². The number of nitrogens with one attached hydrogen (secondary N) is 1. The minimum atomic E-state index is -0.556. The Labute approximate surface area is 140 Å². The van der Waals surface area contributed by atoms with Gasteiger partial charge in [0.05, 0.1) is 17.2 Å². The minimum absolute atomic E-state index is 0.511. The molecule has 2 N–H and O–H groups in total. The van der Waals surface area contributed by atoms with Gasteiger partial charge in [0.1, 0.15) is 0 Å². The summed E-state index contributed by atoms with van der Waals surface area (Å²) < 4.78 is 0. The maximum Gasteiger partial charge on any atom is 0.0991 e. The van der Waals surface area contributed by atoms with E-state index < -0.39 is 5.60 Å². The van der Waals surface area contributed by atoms with E-state index in [0.29, 0.717) is 12.6 Å². The van der Waals surface area contributed by atoms with Crippen molar-refractivity contribution in [2.24, 2.45) is 0 Å². The molecule has 1 aliphatic heterocycles. The lowest BCUT2D eigenvalue weighted by atomic mass is 9.96. The van der Waals surface area contributed by atoms with E-state index >= 15 is 0 Å². The predicted octanol–water partition coefficient (Wildman–Crippen LogP) is 2.66. The molecule has 0 unspecified atom stereocenters. The Bertz CT molecular complexity index is 508. The van der Waals surface area contributed by atoms with Crippen molar-refractivity contribution < 1.29 is 5.11 Å². The number of nitriles is 1. The Hall–Kier alpha value is -1.41. The van der Waals surface area contributed by atoms with Crippen LogP contribution in [0.2, 0.25) is 0 Å². The van der Waals surface area contributed by atoms with Crippen LogP contribution in [-0.2, 0) is 6.54 Å². The van der Waals surface area contributed by atoms with Crippen molar-refractivity contribution in [2.45, 2.75) is 57.7 Å². The van der Waals surface area contributed by atoms with Crippen LogP contribution in [-0.4, -0.2) is 41.3 Å². The molecule has 2 rings (SSSR count). The molecule has 0 bridgehead atoms. The van der Waals surface area contributed by atoms with Gasteiger partial charge in [0.2, 0.25) is 0 Å². The third kappa shape index (κ3) is 5.31. The molecule has 126 valence electrons. The average molecular weight is 315 g/mol. The zero-order valence-electron chi connectivity index (χ0n) is 14.4. The number of piperidine rings is 1. The van der Waals surface area contributed by atoms with E-state index in [9.17, 15) is 5.11 Å². The first-order valence-corrected chi connectivity index (χ1v) is 8.75. The SMILES string of the molecule is CCC(O)(CC)CNC1CCN(Cc2ccc(C#N)cc2)CC1. The zero-order chi connectivity index (χ0) is 16.7. The highest BCUT2D eigenvalue weighted by Gasteiger charge is 2.25. The first kappa shape index (κ1) is 17.9. The maximum absolute atomic E-state index is 10.4. The lowest BCUT2D eigenvalue weighted by Gasteiger charge is -2.35. The average Bonchev–Trinajstić information content (AvgIpc) is 2.61. The minimum Gasteiger partial charge on any atom is -0.389 e. The number of likely N-dealkylation sites (tertiary alicyclic amines) is 1. The molecule has 0 amide bonds. The summed E-state index contributed by atoms with van der Waals surface area (Å²) >= 11 is 0. The topological polar surface area (TPSA) is 59.3 Å². The van der Waals surface area contributed by atoms with E-state index in [4.69, 9.17) is 5.26 Å². The summed E-state index contributed by atoms with van der Waals surface area (Å²) in [6, 6.07) is 10.5. The fraction of sp³-hybridized carbons (Fsp3) is 0.632. The molecular weight excluding hydrogens is 286 g/mol. The summed E-state index contributed by atoms with van der Waals surface area (Å²) in [7, 11) is 0. The molecule has 23 heavy (non-hydrogen) atoms. The van der Waals surface area contributed by atoms with E-state index in [1.165, 1.54) is 5.56 Å². The molecule has 0 atom stereocenters. The summed E-state index contributed by atoms with van der Waals surface area (Å²) in [6.45, 7) is 7.89. The highest BCUT2D eigenvalue weighted by molar-refractivity contribution is 5.31. The van der Waals surface area contributed by atoms with Crippen LogP contribution < -0.4 is 5.32 Å². The summed E-state index contributed by atoms with van der Waals surface area (Å²) in [5, 5.41) is 22.7. The fourth-order valence-corrected chi connectivity index (χ4v) is 3.07. The smallest absolute Gasteiger partial charge is 0.0991 e. The van der Waals surface area contributed by atoms with E-state index in [0.717, 1.165) is 50.9 Å². The van der Waals surface area contributed by atoms with Crippen molar-refractivity contribution in [1.82, 2.24) is 10.2 Å². The monoisotopic (exact) mass is 315 g/mol. The van der Waals surface area contributed by atoms with Gasteiger partial charge in [0.25, 0.3) is 0 Å². The fourth-order valence-electron chi connectivity index (χ4n) is 3.07. The van der Waals surface area contributed by atoms with Crippen LogP contribution in [0.4, 0.5) is 0 Å². The van der Waals surface area contributed by atoms with Crippen LogP contribution >= 0.6 is 0 Å². The van der Waals surface area contributed by atoms with Crippen LogP contribution in [0.3, 0.4) is 0 Å². The van der Waals surface area contributed by atoms with Gasteiger partial charge in [-0.1, -0.05) is 26.0 Å². The van der Waals surface area contributed by atoms with Gasteiger partial charge >= 0.3 is 0 Å². The Morgan fingerprint density at radius 2 is 1.83 bits per heavy atom. The number of aliphatic hydroxyl groups is 1. The van der Waals surface area contributed by atoms with Gasteiger partial charge in [0.15, 0.2) is 0 Å². The Morgan fingerprint density at radius 3 is 2.35 bits per heavy atom. The normalized spacial score (nSPS) is 17.1. The van der Waals surface area contributed by atoms with Crippen molar-refractivity contribution in [3.8, 4) is 6.07 Å². The molecule has 1 saturated heterocycles. The van der Waals surface area contributed by atoms with Crippen molar-refractivity contribution in [1.29, 1.82) is 5.26 Å². The number of rotatable bonds is 7. The van der Waals surface area contributed by atoms with Crippen LogP contribution in [0.15, 0.2) is 24.3 Å². The van der Waals surface area contributed by atoms with Gasteiger partial charge < -0.3 is 10.4 Å². The molecule has 0 spiro atoms. The molecule has 4 nitrogen and oxygen atoms in total. The second-order valence-electron chi connectivity index (χ2n) is 6.67. The van der Waals surface area contributed by atoms with Gasteiger partial charge in [-0.05, 0) is 56.5 Å². The molecule has 1 aromatic carbocycles. The van der Waals surface area contributed by atoms with E-state index in [1.54, 1.807) is 0 Å². The molecule has 0 saturated carbocycles. The molecule has 0 aliphatic carbocycles. The zero-order valence-corrected chi connectivity index (χ0v) is 14.4. The first-order chi connectivity index (χ1) is 11.1. The van der Waals surface area contributed by atoms with E-state index in [1.807, 2.05) is 38.1 Å². The highest BCUT2D eigenvalue weighted by Crippen LogP contribution is 2.17. The maximum atomic E-state index is 10.4. The molecule has 1 heterocycles. The summed E-state index contributed by atoms with van der Waals surface area (Å²) in [5.41, 5.74) is 1.43. The molecule has 1 aromatic rings. The molecular formula is C19H29N3O. The van der Waals surface area contributed by atoms with Crippen molar-refractivity contribution in [3.05, 3.63) is 35.4 Å². The molecule has 1 fully saturated rings. The number of benzene rings is 1. The van der Waals surface area contributed by atoms with Gasteiger partial charge in [-0.3, -0.25) is 4.90 Å². The third-order valence-corrected chi connectivity index (χ3v) is 5.11. The summed E-state index contributed by atoms with van der Waals surface area (Å²) in [5.74, 6) is 0. The number of hydrogen-bond donors (Lipinski definition) is 2.